The number of aliphatic hydroxyl groups excluding tert-OH is 1. The van der Waals surface area contributed by atoms with Crippen molar-refractivity contribution >= 4 is 11.3 Å². The highest BCUT2D eigenvalue weighted by Crippen LogP contribution is 2.24. The van der Waals surface area contributed by atoms with Crippen molar-refractivity contribution in [1.82, 2.24) is 10.3 Å². The molecule has 0 saturated heterocycles. The third kappa shape index (κ3) is 4.74. The van der Waals surface area contributed by atoms with Crippen molar-refractivity contribution in [2.45, 2.75) is 58.5 Å². The van der Waals surface area contributed by atoms with Crippen molar-refractivity contribution in [1.29, 1.82) is 0 Å². The minimum absolute atomic E-state index is 0.0394. The molecule has 0 aliphatic heterocycles. The molecule has 0 spiro atoms. The smallest absolute Gasteiger partial charge is 0.107 e. The molecule has 0 radical (unpaired) electrons. The van der Waals surface area contributed by atoms with Crippen LogP contribution >= 0.6 is 11.3 Å². The second-order valence-electron chi connectivity index (χ2n) is 6.09. The SMILES string of the molecule is CC(C)(CCO)NCc1nc(C(C)(C)C)cs1. The lowest BCUT2D eigenvalue weighted by atomic mass is 9.93. The van der Waals surface area contributed by atoms with Crippen LogP contribution in [0.3, 0.4) is 0 Å². The molecule has 0 aliphatic rings. The van der Waals surface area contributed by atoms with E-state index in [9.17, 15) is 0 Å². The van der Waals surface area contributed by atoms with E-state index in [-0.39, 0.29) is 17.6 Å². The molecule has 0 saturated carbocycles. The van der Waals surface area contributed by atoms with Crippen molar-refractivity contribution in [3.05, 3.63) is 16.1 Å². The predicted octanol–water partition coefficient (Wildman–Crippen LogP) is 2.69. The van der Waals surface area contributed by atoms with Gasteiger partial charge in [-0.2, -0.15) is 0 Å². The van der Waals surface area contributed by atoms with E-state index in [1.165, 1.54) is 0 Å². The Labute approximate surface area is 108 Å². The Balaban J connectivity index is 2.56. The predicted molar refractivity (Wildman–Crippen MR) is 73.4 cm³/mol. The van der Waals surface area contributed by atoms with Gasteiger partial charge in [-0.25, -0.2) is 4.98 Å². The highest BCUT2D eigenvalue weighted by molar-refractivity contribution is 7.09. The number of thiazole rings is 1. The van der Waals surface area contributed by atoms with Gasteiger partial charge in [0.2, 0.25) is 0 Å². The maximum absolute atomic E-state index is 8.96. The van der Waals surface area contributed by atoms with Gasteiger partial charge in [0.1, 0.15) is 5.01 Å². The number of aliphatic hydroxyl groups is 1. The Morgan fingerprint density at radius 1 is 1.29 bits per heavy atom. The third-order valence-electron chi connectivity index (χ3n) is 2.78. The largest absolute Gasteiger partial charge is 0.396 e. The summed E-state index contributed by atoms with van der Waals surface area (Å²) < 4.78 is 0. The van der Waals surface area contributed by atoms with E-state index in [2.05, 4.69) is 50.3 Å². The van der Waals surface area contributed by atoms with Crippen LogP contribution in [0, 0.1) is 0 Å². The Morgan fingerprint density at radius 2 is 1.94 bits per heavy atom. The van der Waals surface area contributed by atoms with Gasteiger partial charge in [0.25, 0.3) is 0 Å². The van der Waals surface area contributed by atoms with E-state index in [0.29, 0.717) is 0 Å². The van der Waals surface area contributed by atoms with Crippen molar-refractivity contribution in [3.8, 4) is 0 Å². The van der Waals surface area contributed by atoms with Crippen molar-refractivity contribution in [2.75, 3.05) is 6.61 Å². The molecular formula is C13H24N2OS. The molecular weight excluding hydrogens is 232 g/mol. The normalized spacial score (nSPS) is 13.1. The number of aromatic nitrogens is 1. The molecule has 3 nitrogen and oxygen atoms in total. The molecule has 1 aromatic heterocycles. The van der Waals surface area contributed by atoms with Crippen LogP contribution in [0.25, 0.3) is 0 Å². The second kappa shape index (κ2) is 5.46. The van der Waals surface area contributed by atoms with Gasteiger partial charge in [-0.05, 0) is 20.3 Å². The fraction of sp³-hybridized carbons (Fsp3) is 0.769. The second-order valence-corrected chi connectivity index (χ2v) is 7.03. The Kier molecular flexibility index (Phi) is 4.69. The summed E-state index contributed by atoms with van der Waals surface area (Å²) in [6.07, 6.45) is 0.754. The van der Waals surface area contributed by atoms with Crippen LogP contribution in [-0.4, -0.2) is 22.2 Å². The van der Waals surface area contributed by atoms with Crippen LogP contribution in [0.5, 0.6) is 0 Å². The first-order chi connectivity index (χ1) is 7.74. The Morgan fingerprint density at radius 3 is 2.41 bits per heavy atom. The summed E-state index contributed by atoms with van der Waals surface area (Å²) in [6.45, 7) is 11.7. The molecule has 1 heterocycles. The van der Waals surface area contributed by atoms with Crippen LogP contribution in [-0.2, 0) is 12.0 Å². The summed E-state index contributed by atoms with van der Waals surface area (Å²) in [5.74, 6) is 0. The zero-order valence-corrected chi connectivity index (χ0v) is 12.3. The van der Waals surface area contributed by atoms with Crippen LogP contribution in [0.2, 0.25) is 0 Å². The summed E-state index contributed by atoms with van der Waals surface area (Å²) in [7, 11) is 0. The summed E-state index contributed by atoms with van der Waals surface area (Å²) in [6, 6.07) is 0. The molecule has 0 fully saturated rings. The van der Waals surface area contributed by atoms with Gasteiger partial charge in [0, 0.05) is 29.5 Å². The van der Waals surface area contributed by atoms with Crippen LogP contribution in [0.1, 0.15) is 51.7 Å². The molecule has 0 bridgehead atoms. The van der Waals surface area contributed by atoms with Gasteiger partial charge >= 0.3 is 0 Å². The minimum Gasteiger partial charge on any atom is -0.396 e. The standard InChI is InChI=1S/C13H24N2OS/c1-12(2,3)10-9-17-11(15-10)8-14-13(4,5)6-7-16/h9,14,16H,6-8H2,1-5H3. The van der Waals surface area contributed by atoms with Crippen molar-refractivity contribution in [3.63, 3.8) is 0 Å². The van der Waals surface area contributed by atoms with E-state index in [1.807, 2.05) is 0 Å². The lowest BCUT2D eigenvalue weighted by Gasteiger charge is -2.24. The Hall–Kier alpha value is -0.450. The summed E-state index contributed by atoms with van der Waals surface area (Å²) in [4.78, 5) is 4.64. The summed E-state index contributed by atoms with van der Waals surface area (Å²) in [5.41, 5.74) is 1.23. The van der Waals surface area contributed by atoms with Gasteiger partial charge in [-0.15, -0.1) is 11.3 Å². The minimum atomic E-state index is -0.0394. The maximum Gasteiger partial charge on any atom is 0.107 e. The molecule has 0 aliphatic carbocycles. The van der Waals surface area contributed by atoms with Crippen LogP contribution < -0.4 is 5.32 Å². The number of nitrogens with zero attached hydrogens (tertiary/aromatic N) is 1. The highest BCUT2D eigenvalue weighted by Gasteiger charge is 2.19. The molecule has 0 atom stereocenters. The van der Waals surface area contributed by atoms with Crippen LogP contribution in [0.15, 0.2) is 5.38 Å². The molecule has 1 aromatic rings. The van der Waals surface area contributed by atoms with E-state index in [4.69, 9.17) is 5.11 Å². The van der Waals surface area contributed by atoms with E-state index in [0.717, 1.165) is 23.7 Å². The topological polar surface area (TPSA) is 45.1 Å². The van der Waals surface area contributed by atoms with Gasteiger partial charge in [-0.1, -0.05) is 20.8 Å². The summed E-state index contributed by atoms with van der Waals surface area (Å²) >= 11 is 1.70. The van der Waals surface area contributed by atoms with Gasteiger partial charge in [0.15, 0.2) is 0 Å². The van der Waals surface area contributed by atoms with E-state index >= 15 is 0 Å². The zero-order chi connectivity index (χ0) is 13.1. The molecule has 0 amide bonds. The quantitative estimate of drug-likeness (QED) is 0.851. The van der Waals surface area contributed by atoms with Gasteiger partial charge in [-0.3, -0.25) is 0 Å². The van der Waals surface area contributed by atoms with E-state index in [1.54, 1.807) is 11.3 Å². The number of hydrogen-bond donors (Lipinski definition) is 2. The zero-order valence-electron chi connectivity index (χ0n) is 11.5. The lowest BCUT2D eigenvalue weighted by molar-refractivity contribution is 0.230. The molecule has 0 aromatic carbocycles. The van der Waals surface area contributed by atoms with E-state index < -0.39 is 0 Å². The number of rotatable bonds is 5. The van der Waals surface area contributed by atoms with Gasteiger partial charge in [0.05, 0.1) is 5.69 Å². The molecule has 1 rings (SSSR count). The Bertz CT molecular complexity index is 353. The van der Waals surface area contributed by atoms with Crippen LogP contribution in [0.4, 0.5) is 0 Å². The van der Waals surface area contributed by atoms with Crippen molar-refractivity contribution < 1.29 is 5.11 Å². The first kappa shape index (κ1) is 14.6. The average Bonchev–Trinajstić information content (AvgIpc) is 2.62. The monoisotopic (exact) mass is 256 g/mol. The summed E-state index contributed by atoms with van der Waals surface area (Å²) in [5, 5.41) is 15.6. The maximum atomic E-state index is 8.96. The average molecular weight is 256 g/mol. The van der Waals surface area contributed by atoms with Gasteiger partial charge < -0.3 is 10.4 Å². The van der Waals surface area contributed by atoms with Crippen molar-refractivity contribution in [2.24, 2.45) is 0 Å². The first-order valence-corrected chi connectivity index (χ1v) is 6.93. The fourth-order valence-electron chi connectivity index (χ4n) is 1.42. The molecule has 0 unspecified atom stereocenters. The highest BCUT2D eigenvalue weighted by atomic mass is 32.1. The fourth-order valence-corrected chi connectivity index (χ4v) is 2.38. The first-order valence-electron chi connectivity index (χ1n) is 6.05. The third-order valence-corrected chi connectivity index (χ3v) is 3.62. The molecule has 4 heteroatoms. The molecule has 2 N–H and O–H groups in total. The molecule has 17 heavy (non-hydrogen) atoms. The lowest BCUT2D eigenvalue weighted by Crippen LogP contribution is -2.39. The number of hydrogen-bond acceptors (Lipinski definition) is 4. The molecule has 98 valence electrons. The number of nitrogens with one attached hydrogen (secondary N) is 1.